The Morgan fingerprint density at radius 3 is 2.44 bits per heavy atom. The number of esters is 1. The average Bonchev–Trinajstić information content (AvgIpc) is 3.73. The zero-order valence-corrected chi connectivity index (χ0v) is 23.5. The lowest BCUT2D eigenvalue weighted by atomic mass is 9.79. The molecule has 5 rings (SSSR count). The molecule has 3 nitrogen and oxygen atoms in total. The van der Waals surface area contributed by atoms with Crippen LogP contribution in [0.2, 0.25) is 0 Å². The molecule has 3 aromatic carbocycles. The molecule has 7 heteroatoms. The van der Waals surface area contributed by atoms with Crippen LogP contribution < -0.4 is 4.74 Å². The van der Waals surface area contributed by atoms with Crippen LogP contribution in [0.15, 0.2) is 60.7 Å². The Balaban J connectivity index is 1.47. The molecule has 0 aromatic heterocycles. The van der Waals surface area contributed by atoms with E-state index in [0.29, 0.717) is 11.1 Å². The third-order valence-corrected chi connectivity index (χ3v) is 8.35. The average molecular weight is 567 g/mol. The fourth-order valence-corrected chi connectivity index (χ4v) is 5.87. The first kappa shape index (κ1) is 28.9. The van der Waals surface area contributed by atoms with Crippen LogP contribution in [-0.2, 0) is 16.1 Å². The number of benzene rings is 3. The highest BCUT2D eigenvalue weighted by atomic mass is 19.3. The van der Waals surface area contributed by atoms with Crippen molar-refractivity contribution in [3.63, 3.8) is 0 Å². The van der Waals surface area contributed by atoms with Gasteiger partial charge in [0.2, 0.25) is 0 Å². The van der Waals surface area contributed by atoms with E-state index < -0.39 is 18.1 Å². The number of ether oxygens (including phenoxy) is 2. The summed E-state index contributed by atoms with van der Waals surface area (Å²) in [7, 11) is 1.33. The van der Waals surface area contributed by atoms with E-state index in [4.69, 9.17) is 9.47 Å². The number of allylic oxidation sites excluding steroid dienone is 2. The highest BCUT2D eigenvalue weighted by molar-refractivity contribution is 5.85. The molecule has 0 spiro atoms. The lowest BCUT2D eigenvalue weighted by Crippen LogP contribution is -2.12. The summed E-state index contributed by atoms with van der Waals surface area (Å²) in [6.07, 6.45) is 3.15. The van der Waals surface area contributed by atoms with Crippen molar-refractivity contribution in [2.75, 3.05) is 7.11 Å². The zero-order valence-electron chi connectivity index (χ0n) is 23.5. The van der Waals surface area contributed by atoms with E-state index in [0.717, 1.165) is 54.5 Å². The smallest absolute Gasteiger partial charge is 0.306 e. The van der Waals surface area contributed by atoms with Crippen LogP contribution >= 0.6 is 0 Å². The second-order valence-corrected chi connectivity index (χ2v) is 11.6. The Hall–Kier alpha value is -3.61. The molecule has 0 N–H and O–H groups in total. The molecular formula is C34H34F4O3. The minimum absolute atomic E-state index is 0.0476. The highest BCUT2D eigenvalue weighted by Crippen LogP contribution is 2.48. The summed E-state index contributed by atoms with van der Waals surface area (Å²) in [5.74, 6) is -1.39. The maximum atomic E-state index is 15.6. The van der Waals surface area contributed by atoms with Crippen LogP contribution in [0.3, 0.4) is 0 Å². The van der Waals surface area contributed by atoms with Gasteiger partial charge in [0.1, 0.15) is 12.4 Å². The first-order valence-electron chi connectivity index (χ1n) is 14.0. The standard InChI is InChI=1S/C34H34F4O3/c1-34(2)15-5-7-28(34)26-16-20(9-13-23(26)27-17-22(33(37)38)12-14-29(27)35)19-41-30-8-4-6-24(32(30)36)25(21-10-11-21)18-31(39)40-3/h4,6-9,12-14,16-17,21,25,33H,5,10-11,15,18-19H2,1-3H3. The van der Waals surface area contributed by atoms with E-state index in [1.807, 2.05) is 6.07 Å². The SMILES string of the molecule is COC(=O)CC(c1cccc(OCc2ccc(-c3cc(C(F)F)ccc3F)c(C3=CCCC3(C)C)c2)c1F)C1CC1. The maximum absolute atomic E-state index is 15.6. The summed E-state index contributed by atoms with van der Waals surface area (Å²) >= 11 is 0. The lowest BCUT2D eigenvalue weighted by Gasteiger charge is -2.26. The molecular weight excluding hydrogens is 532 g/mol. The Morgan fingerprint density at radius 1 is 1.00 bits per heavy atom. The van der Waals surface area contributed by atoms with Crippen molar-refractivity contribution < 1.29 is 31.8 Å². The quantitative estimate of drug-likeness (QED) is 0.181. The van der Waals surface area contributed by atoms with Gasteiger partial charge in [0, 0.05) is 17.0 Å². The van der Waals surface area contributed by atoms with Crippen molar-refractivity contribution in [2.24, 2.45) is 11.3 Å². The van der Waals surface area contributed by atoms with Gasteiger partial charge in [-0.3, -0.25) is 4.79 Å². The van der Waals surface area contributed by atoms with Crippen LogP contribution in [0.5, 0.6) is 5.75 Å². The van der Waals surface area contributed by atoms with Gasteiger partial charge < -0.3 is 9.47 Å². The van der Waals surface area contributed by atoms with Crippen LogP contribution in [0.4, 0.5) is 17.6 Å². The van der Waals surface area contributed by atoms with Gasteiger partial charge in [-0.2, -0.15) is 0 Å². The van der Waals surface area contributed by atoms with Crippen molar-refractivity contribution in [2.45, 2.75) is 64.9 Å². The van der Waals surface area contributed by atoms with Crippen molar-refractivity contribution in [1.82, 2.24) is 0 Å². The van der Waals surface area contributed by atoms with Crippen LogP contribution in [0, 0.1) is 23.0 Å². The van der Waals surface area contributed by atoms with Gasteiger partial charge in [-0.25, -0.2) is 17.6 Å². The van der Waals surface area contributed by atoms with Gasteiger partial charge in [0.25, 0.3) is 6.43 Å². The van der Waals surface area contributed by atoms with Crippen molar-refractivity contribution >= 4 is 11.5 Å². The van der Waals surface area contributed by atoms with Crippen molar-refractivity contribution in [3.8, 4) is 16.9 Å². The summed E-state index contributed by atoms with van der Waals surface area (Å²) in [4.78, 5) is 12.0. The molecule has 0 bridgehead atoms. The molecule has 3 aromatic rings. The normalized spacial score (nSPS) is 16.9. The van der Waals surface area contributed by atoms with Gasteiger partial charge >= 0.3 is 5.97 Å². The number of rotatable bonds is 10. The molecule has 1 unspecified atom stereocenters. The van der Waals surface area contributed by atoms with E-state index in [2.05, 4.69) is 19.9 Å². The number of hydrogen-bond acceptors (Lipinski definition) is 3. The number of halogens is 4. The van der Waals surface area contributed by atoms with Gasteiger partial charge in [-0.1, -0.05) is 50.3 Å². The molecule has 1 fully saturated rings. The minimum atomic E-state index is -2.72. The Kier molecular flexibility index (Phi) is 8.25. The molecule has 0 amide bonds. The largest absolute Gasteiger partial charge is 0.486 e. The summed E-state index contributed by atoms with van der Waals surface area (Å²) in [6, 6.07) is 13.7. The van der Waals surface area contributed by atoms with E-state index in [-0.39, 0.29) is 53.1 Å². The molecule has 2 aliphatic rings. The summed E-state index contributed by atoms with van der Waals surface area (Å²) in [5.41, 5.74) is 3.14. The summed E-state index contributed by atoms with van der Waals surface area (Å²) in [6.45, 7) is 4.26. The second-order valence-electron chi connectivity index (χ2n) is 11.6. The predicted octanol–water partition coefficient (Wildman–Crippen LogP) is 9.41. The van der Waals surface area contributed by atoms with Gasteiger partial charge in [-0.15, -0.1) is 0 Å². The number of carbonyl (C=O) groups is 1. The predicted molar refractivity (Wildman–Crippen MR) is 151 cm³/mol. The molecule has 1 saturated carbocycles. The minimum Gasteiger partial charge on any atom is -0.486 e. The molecule has 1 atom stereocenters. The molecule has 0 aliphatic heterocycles. The monoisotopic (exact) mass is 566 g/mol. The van der Waals surface area contributed by atoms with Crippen molar-refractivity contribution in [3.05, 3.63) is 94.6 Å². The van der Waals surface area contributed by atoms with E-state index >= 15 is 4.39 Å². The second kappa shape index (κ2) is 11.7. The third-order valence-electron chi connectivity index (χ3n) is 8.35. The highest BCUT2D eigenvalue weighted by Gasteiger charge is 2.36. The number of alkyl halides is 2. The fraction of sp³-hybridized carbons (Fsp3) is 0.382. The van der Waals surface area contributed by atoms with Crippen LogP contribution in [-0.4, -0.2) is 13.1 Å². The van der Waals surface area contributed by atoms with Crippen LogP contribution in [0.25, 0.3) is 16.7 Å². The molecule has 216 valence electrons. The molecule has 41 heavy (non-hydrogen) atoms. The third kappa shape index (κ3) is 6.19. The Labute approximate surface area is 238 Å². The zero-order chi connectivity index (χ0) is 29.3. The van der Waals surface area contributed by atoms with E-state index in [9.17, 15) is 18.0 Å². The first-order valence-corrected chi connectivity index (χ1v) is 14.0. The Morgan fingerprint density at radius 2 is 1.78 bits per heavy atom. The van der Waals surface area contributed by atoms with E-state index in [1.165, 1.54) is 13.2 Å². The summed E-state index contributed by atoms with van der Waals surface area (Å²) in [5, 5.41) is 0. The summed E-state index contributed by atoms with van der Waals surface area (Å²) < 4.78 is 68.4. The van der Waals surface area contributed by atoms with Crippen molar-refractivity contribution in [1.29, 1.82) is 0 Å². The fourth-order valence-electron chi connectivity index (χ4n) is 5.87. The van der Waals surface area contributed by atoms with E-state index in [1.54, 1.807) is 30.3 Å². The lowest BCUT2D eigenvalue weighted by molar-refractivity contribution is -0.141. The topological polar surface area (TPSA) is 35.5 Å². The van der Waals surface area contributed by atoms with Gasteiger partial charge in [0.05, 0.1) is 13.5 Å². The number of hydrogen-bond donors (Lipinski definition) is 0. The maximum Gasteiger partial charge on any atom is 0.306 e. The molecule has 0 radical (unpaired) electrons. The Bertz CT molecular complexity index is 1470. The molecule has 0 saturated heterocycles. The first-order chi connectivity index (χ1) is 19.6. The molecule has 0 heterocycles. The molecule has 2 aliphatic carbocycles. The van der Waals surface area contributed by atoms with Crippen LogP contribution in [0.1, 0.15) is 80.5 Å². The number of carbonyl (C=O) groups excluding carboxylic acids is 1. The number of methoxy groups -OCH3 is 1. The van der Waals surface area contributed by atoms with Gasteiger partial charge in [0.15, 0.2) is 11.6 Å². The van der Waals surface area contributed by atoms with Gasteiger partial charge in [-0.05, 0) is 89.1 Å².